The van der Waals surface area contributed by atoms with Crippen molar-refractivity contribution in [1.82, 2.24) is 0 Å². The lowest BCUT2D eigenvalue weighted by molar-refractivity contribution is 0.129. The highest BCUT2D eigenvalue weighted by atomic mass is 32.2. The van der Waals surface area contributed by atoms with Crippen LogP contribution < -0.4 is 0 Å². The molecule has 2 rings (SSSR count). The van der Waals surface area contributed by atoms with E-state index in [9.17, 15) is 9.50 Å². The molecule has 1 N–H and O–H groups in total. The first-order valence-electron chi connectivity index (χ1n) is 4.73. The van der Waals surface area contributed by atoms with Gasteiger partial charge in [0.1, 0.15) is 5.82 Å². The van der Waals surface area contributed by atoms with Gasteiger partial charge in [-0.15, -0.1) is 0 Å². The van der Waals surface area contributed by atoms with Crippen LogP contribution in [0.2, 0.25) is 0 Å². The highest BCUT2D eigenvalue weighted by molar-refractivity contribution is 7.98. The maximum atomic E-state index is 13.4. The van der Waals surface area contributed by atoms with E-state index in [1.54, 1.807) is 17.8 Å². The van der Waals surface area contributed by atoms with Gasteiger partial charge in [0.25, 0.3) is 0 Å². The molecule has 0 spiro atoms. The Morgan fingerprint density at radius 2 is 2.29 bits per heavy atom. The first-order valence-corrected chi connectivity index (χ1v) is 5.88. The largest absolute Gasteiger partial charge is 0.388 e. The highest BCUT2D eigenvalue weighted by Gasteiger charge is 2.24. The summed E-state index contributed by atoms with van der Waals surface area (Å²) in [7, 11) is 0. The van der Waals surface area contributed by atoms with E-state index in [1.165, 1.54) is 6.07 Å². The normalized spacial score (nSPS) is 26.8. The number of hydrogen-bond acceptors (Lipinski definition) is 2. The van der Waals surface area contributed by atoms with Crippen LogP contribution in [-0.4, -0.2) is 10.9 Å². The van der Waals surface area contributed by atoms with Crippen LogP contribution in [0.4, 0.5) is 4.39 Å². The van der Waals surface area contributed by atoms with Crippen molar-refractivity contribution in [3.8, 4) is 0 Å². The third-order valence-electron chi connectivity index (χ3n) is 2.64. The van der Waals surface area contributed by atoms with E-state index < -0.39 is 6.10 Å². The summed E-state index contributed by atoms with van der Waals surface area (Å²) in [5.41, 5.74) is 1.44. The van der Waals surface area contributed by atoms with Crippen molar-refractivity contribution in [2.75, 3.05) is 5.75 Å². The second kappa shape index (κ2) is 3.91. The highest BCUT2D eigenvalue weighted by Crippen LogP contribution is 2.35. The molecule has 14 heavy (non-hydrogen) atoms. The fourth-order valence-electron chi connectivity index (χ4n) is 1.75. The van der Waals surface area contributed by atoms with Crippen LogP contribution in [0.3, 0.4) is 0 Å². The maximum Gasteiger partial charge on any atom is 0.127 e. The SMILES string of the molecule is CC1CSCc2c(F)cccc2C1O. The number of hydrogen-bond donors (Lipinski definition) is 1. The Balaban J connectivity index is 2.48. The molecule has 1 aliphatic heterocycles. The Bertz CT molecular complexity index is 340. The third-order valence-corrected chi connectivity index (χ3v) is 3.89. The Morgan fingerprint density at radius 3 is 3.07 bits per heavy atom. The van der Waals surface area contributed by atoms with Crippen LogP contribution >= 0.6 is 11.8 Å². The zero-order valence-electron chi connectivity index (χ0n) is 8.03. The van der Waals surface area contributed by atoms with E-state index >= 15 is 0 Å². The van der Waals surface area contributed by atoms with Gasteiger partial charge < -0.3 is 5.11 Å². The Labute approximate surface area is 87.3 Å². The van der Waals surface area contributed by atoms with E-state index in [4.69, 9.17) is 0 Å². The molecule has 0 aliphatic carbocycles. The molecule has 0 aromatic heterocycles. The third kappa shape index (κ3) is 1.66. The monoisotopic (exact) mass is 212 g/mol. The van der Waals surface area contributed by atoms with Gasteiger partial charge >= 0.3 is 0 Å². The Morgan fingerprint density at radius 1 is 1.50 bits per heavy atom. The second-order valence-corrected chi connectivity index (χ2v) is 4.78. The number of benzene rings is 1. The lowest BCUT2D eigenvalue weighted by Gasteiger charge is -2.16. The zero-order chi connectivity index (χ0) is 10.1. The van der Waals surface area contributed by atoms with Crippen LogP contribution in [0, 0.1) is 11.7 Å². The topological polar surface area (TPSA) is 20.2 Å². The summed E-state index contributed by atoms with van der Waals surface area (Å²) in [6, 6.07) is 4.95. The van der Waals surface area contributed by atoms with Crippen molar-refractivity contribution in [3.05, 3.63) is 35.1 Å². The minimum absolute atomic E-state index is 0.192. The maximum absolute atomic E-state index is 13.4. The van der Waals surface area contributed by atoms with E-state index in [0.29, 0.717) is 11.3 Å². The number of aliphatic hydroxyl groups excluding tert-OH is 1. The fraction of sp³-hybridized carbons (Fsp3) is 0.455. The quantitative estimate of drug-likeness (QED) is 0.713. The number of fused-ring (bicyclic) bond motifs is 1. The van der Waals surface area contributed by atoms with Crippen molar-refractivity contribution in [3.63, 3.8) is 0 Å². The average Bonchev–Trinajstić information content (AvgIpc) is 2.31. The molecule has 0 amide bonds. The molecule has 0 saturated carbocycles. The summed E-state index contributed by atoms with van der Waals surface area (Å²) in [4.78, 5) is 0. The molecule has 1 aromatic carbocycles. The summed E-state index contributed by atoms with van der Waals surface area (Å²) in [5.74, 6) is 1.56. The van der Waals surface area contributed by atoms with Crippen LogP contribution in [0.1, 0.15) is 24.2 Å². The standard InChI is InChI=1S/C11H13FOS/c1-7-5-14-6-9-8(11(7)13)3-2-4-10(9)12/h2-4,7,11,13H,5-6H2,1H3. The van der Waals surface area contributed by atoms with Crippen LogP contribution in [-0.2, 0) is 5.75 Å². The van der Waals surface area contributed by atoms with Gasteiger partial charge in [0.05, 0.1) is 6.10 Å². The number of thioether (sulfide) groups is 1. The van der Waals surface area contributed by atoms with Crippen LogP contribution in [0.15, 0.2) is 18.2 Å². The van der Waals surface area contributed by atoms with Crippen LogP contribution in [0.25, 0.3) is 0 Å². The van der Waals surface area contributed by atoms with E-state index in [0.717, 1.165) is 11.3 Å². The van der Waals surface area contributed by atoms with Gasteiger partial charge in [0.2, 0.25) is 0 Å². The summed E-state index contributed by atoms with van der Waals surface area (Å²) in [6.07, 6.45) is -0.518. The molecule has 1 aliphatic rings. The summed E-state index contributed by atoms with van der Waals surface area (Å²) in [6.45, 7) is 2.00. The van der Waals surface area contributed by atoms with E-state index in [1.807, 2.05) is 13.0 Å². The molecule has 0 bridgehead atoms. The van der Waals surface area contributed by atoms with Gasteiger partial charge in [-0.1, -0.05) is 19.1 Å². The molecular formula is C11H13FOS. The smallest absolute Gasteiger partial charge is 0.127 e. The van der Waals surface area contributed by atoms with E-state index in [2.05, 4.69) is 0 Å². The lowest BCUT2D eigenvalue weighted by Crippen LogP contribution is -2.10. The molecule has 2 atom stereocenters. The summed E-state index contributed by atoms with van der Waals surface area (Å²) in [5, 5.41) is 9.95. The van der Waals surface area contributed by atoms with Gasteiger partial charge in [0.15, 0.2) is 0 Å². The molecule has 1 heterocycles. The first-order chi connectivity index (χ1) is 6.70. The molecule has 1 nitrogen and oxygen atoms in total. The van der Waals surface area contributed by atoms with Crippen molar-refractivity contribution >= 4 is 11.8 Å². The minimum Gasteiger partial charge on any atom is -0.388 e. The van der Waals surface area contributed by atoms with Crippen LogP contribution in [0.5, 0.6) is 0 Å². The predicted molar refractivity (Wildman–Crippen MR) is 56.7 cm³/mol. The Kier molecular flexibility index (Phi) is 2.79. The molecule has 0 fully saturated rings. The van der Waals surface area contributed by atoms with Gasteiger partial charge in [-0.05, 0) is 23.3 Å². The predicted octanol–water partition coefficient (Wildman–Crippen LogP) is 2.74. The summed E-state index contributed by atoms with van der Waals surface area (Å²) < 4.78 is 13.4. The summed E-state index contributed by atoms with van der Waals surface area (Å²) >= 11 is 1.68. The fourth-order valence-corrected chi connectivity index (χ4v) is 2.93. The molecule has 2 unspecified atom stereocenters. The van der Waals surface area contributed by atoms with Gasteiger partial charge in [-0.3, -0.25) is 0 Å². The molecule has 0 saturated heterocycles. The number of rotatable bonds is 0. The van der Waals surface area contributed by atoms with Crippen molar-refractivity contribution in [2.24, 2.45) is 5.92 Å². The second-order valence-electron chi connectivity index (χ2n) is 3.74. The first kappa shape index (κ1) is 9.99. The lowest BCUT2D eigenvalue weighted by atomic mass is 9.95. The minimum atomic E-state index is -0.518. The van der Waals surface area contributed by atoms with Crippen molar-refractivity contribution in [2.45, 2.75) is 18.8 Å². The molecule has 3 heteroatoms. The number of aliphatic hydroxyl groups is 1. The van der Waals surface area contributed by atoms with Crippen molar-refractivity contribution < 1.29 is 9.50 Å². The molecular weight excluding hydrogens is 199 g/mol. The molecule has 76 valence electrons. The van der Waals surface area contributed by atoms with Crippen molar-refractivity contribution in [1.29, 1.82) is 0 Å². The average molecular weight is 212 g/mol. The van der Waals surface area contributed by atoms with Gasteiger partial charge in [-0.25, -0.2) is 4.39 Å². The number of halogens is 1. The van der Waals surface area contributed by atoms with Gasteiger partial charge in [0, 0.05) is 11.3 Å². The van der Waals surface area contributed by atoms with E-state index in [-0.39, 0.29) is 11.7 Å². The Hall–Kier alpha value is -0.540. The zero-order valence-corrected chi connectivity index (χ0v) is 8.85. The van der Waals surface area contributed by atoms with Gasteiger partial charge in [-0.2, -0.15) is 11.8 Å². The molecule has 1 aromatic rings. The molecule has 0 radical (unpaired) electrons.